The maximum atomic E-state index is 4.37. The average Bonchev–Trinajstić information content (AvgIpc) is 2.18. The maximum Gasteiger partial charge on any atom is 0.0420 e. The average molecular weight is 187 g/mol. The van der Waals surface area contributed by atoms with Gasteiger partial charge in [-0.2, -0.15) is 0 Å². The predicted octanol–water partition coefficient (Wildman–Crippen LogP) is 3.18. The summed E-state index contributed by atoms with van der Waals surface area (Å²) >= 11 is 0. The molecular weight excluding hydrogens is 170 g/mol. The lowest BCUT2D eigenvalue weighted by Gasteiger charge is -2.33. The molecule has 1 nitrogen and oxygen atoms in total. The molecule has 0 amide bonds. The molecule has 0 unspecified atom stereocenters. The first kappa shape index (κ1) is 9.45. The molecular formula is C13H17N. The van der Waals surface area contributed by atoms with Crippen LogP contribution >= 0.6 is 0 Å². The third-order valence-electron chi connectivity index (χ3n) is 3.22. The Balaban J connectivity index is 2.61. The van der Waals surface area contributed by atoms with Crippen LogP contribution in [0.15, 0.2) is 29.3 Å². The molecule has 0 atom stereocenters. The fraction of sp³-hybridized carbons (Fsp3) is 0.462. The Hall–Kier alpha value is -1.11. The van der Waals surface area contributed by atoms with E-state index in [0.29, 0.717) is 5.41 Å². The highest BCUT2D eigenvalue weighted by atomic mass is 14.7. The van der Waals surface area contributed by atoms with Crippen molar-refractivity contribution in [3.05, 3.63) is 35.4 Å². The molecule has 74 valence electrons. The lowest BCUT2D eigenvalue weighted by atomic mass is 9.72. The van der Waals surface area contributed by atoms with Crippen molar-refractivity contribution < 1.29 is 0 Å². The van der Waals surface area contributed by atoms with Crippen molar-refractivity contribution in [2.45, 2.75) is 32.1 Å². The van der Waals surface area contributed by atoms with Crippen LogP contribution in [0.3, 0.4) is 0 Å². The van der Waals surface area contributed by atoms with E-state index in [9.17, 15) is 0 Å². The molecule has 1 aromatic carbocycles. The molecule has 14 heavy (non-hydrogen) atoms. The fourth-order valence-corrected chi connectivity index (χ4v) is 2.26. The van der Waals surface area contributed by atoms with E-state index in [4.69, 9.17) is 0 Å². The molecule has 1 aromatic rings. The van der Waals surface area contributed by atoms with Crippen LogP contribution in [0.2, 0.25) is 0 Å². The molecule has 1 aliphatic carbocycles. The standard InChI is InChI=1S/C13H17N/c1-13(2)9-8-12(14-3)10-6-4-5-7-11(10)13/h4-7H,8-9H2,1-3H3. The second-order valence-electron chi connectivity index (χ2n) is 4.60. The van der Waals surface area contributed by atoms with Gasteiger partial charge in [0.1, 0.15) is 0 Å². The molecule has 1 aliphatic rings. The number of aliphatic imine (C=N–C) groups is 1. The molecule has 0 saturated heterocycles. The van der Waals surface area contributed by atoms with Crippen LogP contribution in [0, 0.1) is 0 Å². The van der Waals surface area contributed by atoms with Crippen molar-refractivity contribution >= 4 is 5.71 Å². The highest BCUT2D eigenvalue weighted by molar-refractivity contribution is 6.03. The van der Waals surface area contributed by atoms with E-state index in [2.05, 4.69) is 43.1 Å². The maximum absolute atomic E-state index is 4.37. The highest BCUT2D eigenvalue weighted by Gasteiger charge is 2.29. The van der Waals surface area contributed by atoms with Crippen molar-refractivity contribution in [1.82, 2.24) is 0 Å². The quantitative estimate of drug-likeness (QED) is 0.591. The molecule has 0 aliphatic heterocycles. The third kappa shape index (κ3) is 1.37. The van der Waals surface area contributed by atoms with Gasteiger partial charge in [0, 0.05) is 12.8 Å². The zero-order chi connectivity index (χ0) is 10.2. The molecule has 0 aromatic heterocycles. The first-order valence-electron chi connectivity index (χ1n) is 5.21. The summed E-state index contributed by atoms with van der Waals surface area (Å²) in [4.78, 5) is 4.37. The Morgan fingerprint density at radius 1 is 1.21 bits per heavy atom. The van der Waals surface area contributed by atoms with E-state index in [1.54, 1.807) is 0 Å². The Labute approximate surface area is 85.9 Å². The summed E-state index contributed by atoms with van der Waals surface area (Å²) in [5.74, 6) is 0. The van der Waals surface area contributed by atoms with Gasteiger partial charge in [0.25, 0.3) is 0 Å². The predicted molar refractivity (Wildman–Crippen MR) is 61.2 cm³/mol. The smallest absolute Gasteiger partial charge is 0.0420 e. The van der Waals surface area contributed by atoms with Crippen molar-refractivity contribution in [3.63, 3.8) is 0 Å². The Bertz CT molecular complexity index is 375. The first-order chi connectivity index (χ1) is 6.65. The van der Waals surface area contributed by atoms with Gasteiger partial charge in [-0.25, -0.2) is 0 Å². The zero-order valence-corrected chi connectivity index (χ0v) is 9.17. The Kier molecular flexibility index (Phi) is 2.18. The second-order valence-corrected chi connectivity index (χ2v) is 4.60. The van der Waals surface area contributed by atoms with E-state index < -0.39 is 0 Å². The summed E-state index contributed by atoms with van der Waals surface area (Å²) in [6.45, 7) is 4.64. The Morgan fingerprint density at radius 3 is 2.64 bits per heavy atom. The molecule has 0 saturated carbocycles. The van der Waals surface area contributed by atoms with Gasteiger partial charge in [-0.15, -0.1) is 0 Å². The van der Waals surface area contributed by atoms with Crippen LogP contribution < -0.4 is 0 Å². The number of fused-ring (bicyclic) bond motifs is 1. The lowest BCUT2D eigenvalue weighted by molar-refractivity contribution is 0.480. The second kappa shape index (κ2) is 3.23. The van der Waals surface area contributed by atoms with Crippen LogP contribution in [0.4, 0.5) is 0 Å². The summed E-state index contributed by atoms with van der Waals surface area (Å²) in [5.41, 5.74) is 4.38. The van der Waals surface area contributed by atoms with Gasteiger partial charge < -0.3 is 0 Å². The summed E-state index contributed by atoms with van der Waals surface area (Å²) in [6.07, 6.45) is 2.32. The van der Waals surface area contributed by atoms with Crippen LogP contribution in [-0.2, 0) is 5.41 Å². The van der Waals surface area contributed by atoms with E-state index in [0.717, 1.165) is 6.42 Å². The molecule has 0 bridgehead atoms. The van der Waals surface area contributed by atoms with Gasteiger partial charge in [-0.3, -0.25) is 4.99 Å². The van der Waals surface area contributed by atoms with E-state index in [1.807, 2.05) is 7.05 Å². The van der Waals surface area contributed by atoms with Gasteiger partial charge in [-0.05, 0) is 29.4 Å². The molecule has 0 heterocycles. The molecule has 0 N–H and O–H groups in total. The number of rotatable bonds is 0. The van der Waals surface area contributed by atoms with Crippen molar-refractivity contribution in [3.8, 4) is 0 Å². The van der Waals surface area contributed by atoms with Crippen molar-refractivity contribution in [2.75, 3.05) is 7.05 Å². The fourth-order valence-electron chi connectivity index (χ4n) is 2.26. The van der Waals surface area contributed by atoms with Crippen LogP contribution in [-0.4, -0.2) is 12.8 Å². The molecule has 2 rings (SSSR count). The van der Waals surface area contributed by atoms with E-state index in [-0.39, 0.29) is 0 Å². The monoisotopic (exact) mass is 187 g/mol. The van der Waals surface area contributed by atoms with Crippen LogP contribution in [0.5, 0.6) is 0 Å². The van der Waals surface area contributed by atoms with Gasteiger partial charge >= 0.3 is 0 Å². The minimum atomic E-state index is 0.310. The number of nitrogens with zero attached hydrogens (tertiary/aromatic N) is 1. The highest BCUT2D eigenvalue weighted by Crippen LogP contribution is 2.36. The number of hydrogen-bond acceptors (Lipinski definition) is 1. The van der Waals surface area contributed by atoms with E-state index >= 15 is 0 Å². The lowest BCUT2D eigenvalue weighted by Crippen LogP contribution is -2.27. The SMILES string of the molecule is CN=C1CCC(C)(C)c2ccccc21. The first-order valence-corrected chi connectivity index (χ1v) is 5.21. The number of benzene rings is 1. The van der Waals surface area contributed by atoms with E-state index in [1.165, 1.54) is 23.3 Å². The van der Waals surface area contributed by atoms with Gasteiger partial charge in [-0.1, -0.05) is 38.1 Å². The molecule has 0 fully saturated rings. The van der Waals surface area contributed by atoms with Gasteiger partial charge in [0.05, 0.1) is 0 Å². The summed E-state index contributed by atoms with van der Waals surface area (Å²) < 4.78 is 0. The number of hydrogen-bond donors (Lipinski definition) is 0. The minimum absolute atomic E-state index is 0.310. The third-order valence-corrected chi connectivity index (χ3v) is 3.22. The normalized spacial score (nSPS) is 22.1. The Morgan fingerprint density at radius 2 is 1.93 bits per heavy atom. The molecule has 0 spiro atoms. The topological polar surface area (TPSA) is 12.4 Å². The summed E-state index contributed by atoms with van der Waals surface area (Å²) in [6, 6.07) is 8.66. The summed E-state index contributed by atoms with van der Waals surface area (Å²) in [7, 11) is 1.89. The molecule has 1 heteroatoms. The minimum Gasteiger partial charge on any atom is -0.292 e. The van der Waals surface area contributed by atoms with Gasteiger partial charge in [0.15, 0.2) is 0 Å². The molecule has 0 radical (unpaired) electrons. The van der Waals surface area contributed by atoms with Crippen molar-refractivity contribution in [1.29, 1.82) is 0 Å². The largest absolute Gasteiger partial charge is 0.292 e. The van der Waals surface area contributed by atoms with Crippen LogP contribution in [0.1, 0.15) is 37.8 Å². The van der Waals surface area contributed by atoms with Crippen molar-refractivity contribution in [2.24, 2.45) is 4.99 Å². The summed E-state index contributed by atoms with van der Waals surface area (Å²) in [5, 5.41) is 0. The zero-order valence-electron chi connectivity index (χ0n) is 9.17. The van der Waals surface area contributed by atoms with Crippen LogP contribution in [0.25, 0.3) is 0 Å². The van der Waals surface area contributed by atoms with Gasteiger partial charge in [0.2, 0.25) is 0 Å².